The monoisotopic (exact) mass is 286 g/mol. The highest BCUT2D eigenvalue weighted by Gasteiger charge is 2.23. The van der Waals surface area contributed by atoms with Crippen molar-refractivity contribution in [3.05, 3.63) is 53.9 Å². The molecule has 2 aromatic rings. The molecule has 0 saturated heterocycles. The van der Waals surface area contributed by atoms with Crippen molar-refractivity contribution in [2.75, 3.05) is 0 Å². The number of benzene rings is 1. The highest BCUT2D eigenvalue weighted by molar-refractivity contribution is 5.83. The van der Waals surface area contributed by atoms with E-state index >= 15 is 0 Å². The molecule has 0 aliphatic heterocycles. The third-order valence-corrected chi connectivity index (χ3v) is 3.49. The van der Waals surface area contributed by atoms with Crippen molar-refractivity contribution in [2.24, 2.45) is 18.7 Å². The third kappa shape index (κ3) is 3.70. The summed E-state index contributed by atoms with van der Waals surface area (Å²) in [5.74, 6) is 0.0861. The van der Waals surface area contributed by atoms with Crippen LogP contribution in [0.2, 0.25) is 0 Å². The fourth-order valence-electron chi connectivity index (χ4n) is 2.29. The molecule has 0 radical (unpaired) electrons. The Morgan fingerprint density at radius 1 is 1.24 bits per heavy atom. The van der Waals surface area contributed by atoms with Crippen LogP contribution in [-0.4, -0.2) is 15.7 Å². The van der Waals surface area contributed by atoms with Gasteiger partial charge in [0.1, 0.15) is 6.04 Å². The Hall–Kier alpha value is -2.14. The molecule has 112 valence electrons. The number of nitrogens with zero attached hydrogens (tertiary/aromatic N) is 2. The maximum atomic E-state index is 12.4. The summed E-state index contributed by atoms with van der Waals surface area (Å²) in [5, 5.41) is 7.09. The third-order valence-electron chi connectivity index (χ3n) is 3.49. The molecular formula is C16H22N4O. The summed E-state index contributed by atoms with van der Waals surface area (Å²) in [4.78, 5) is 12.4. The summed E-state index contributed by atoms with van der Waals surface area (Å²) in [7, 11) is 1.80. The van der Waals surface area contributed by atoms with E-state index in [1.807, 2.05) is 30.3 Å². The van der Waals surface area contributed by atoms with Gasteiger partial charge in [-0.15, -0.1) is 0 Å². The summed E-state index contributed by atoms with van der Waals surface area (Å²) in [5.41, 5.74) is 7.81. The number of aryl methyl sites for hydroxylation is 1. The average molecular weight is 286 g/mol. The molecule has 1 heterocycles. The van der Waals surface area contributed by atoms with Gasteiger partial charge in [0.05, 0.1) is 12.2 Å². The lowest BCUT2D eigenvalue weighted by Crippen LogP contribution is -2.38. The van der Waals surface area contributed by atoms with Crippen molar-refractivity contribution in [3.8, 4) is 0 Å². The molecule has 1 amide bonds. The van der Waals surface area contributed by atoms with Gasteiger partial charge in [-0.25, -0.2) is 0 Å². The van der Waals surface area contributed by atoms with E-state index < -0.39 is 6.04 Å². The maximum absolute atomic E-state index is 12.4. The van der Waals surface area contributed by atoms with Crippen LogP contribution in [0.3, 0.4) is 0 Å². The van der Waals surface area contributed by atoms with Gasteiger partial charge in [0.25, 0.3) is 0 Å². The Kier molecular flexibility index (Phi) is 4.75. The van der Waals surface area contributed by atoms with Crippen molar-refractivity contribution in [1.29, 1.82) is 0 Å². The molecule has 2 atom stereocenters. The van der Waals surface area contributed by atoms with E-state index in [2.05, 4.69) is 24.3 Å². The zero-order chi connectivity index (χ0) is 15.4. The van der Waals surface area contributed by atoms with Crippen LogP contribution >= 0.6 is 0 Å². The molecule has 1 aromatic carbocycles. The van der Waals surface area contributed by atoms with Crippen molar-refractivity contribution >= 4 is 5.91 Å². The number of hydrogen-bond donors (Lipinski definition) is 2. The second kappa shape index (κ2) is 6.54. The van der Waals surface area contributed by atoms with Gasteiger partial charge in [-0.1, -0.05) is 44.2 Å². The first-order valence-corrected chi connectivity index (χ1v) is 7.08. The highest BCUT2D eigenvalue weighted by atomic mass is 16.2. The summed E-state index contributed by atoms with van der Waals surface area (Å²) in [6.45, 7) is 4.15. The molecule has 2 rings (SSSR count). The SMILES string of the molecule is CC(C)C(NC(=O)C(N)c1cnn(C)c1)c1ccccc1. The van der Waals surface area contributed by atoms with Gasteiger partial charge in [0.2, 0.25) is 5.91 Å². The van der Waals surface area contributed by atoms with Crippen LogP contribution in [0.15, 0.2) is 42.7 Å². The fourth-order valence-corrected chi connectivity index (χ4v) is 2.29. The number of nitrogens with one attached hydrogen (secondary N) is 1. The van der Waals surface area contributed by atoms with Gasteiger partial charge in [0.15, 0.2) is 0 Å². The van der Waals surface area contributed by atoms with Crippen LogP contribution < -0.4 is 11.1 Å². The predicted octanol–water partition coefficient (Wildman–Crippen LogP) is 1.93. The molecule has 21 heavy (non-hydrogen) atoms. The normalized spacial score (nSPS) is 14.0. The van der Waals surface area contributed by atoms with Crippen LogP contribution in [0, 0.1) is 5.92 Å². The van der Waals surface area contributed by atoms with Crippen LogP contribution in [-0.2, 0) is 11.8 Å². The predicted molar refractivity (Wildman–Crippen MR) is 82.3 cm³/mol. The average Bonchev–Trinajstić information content (AvgIpc) is 2.90. The molecule has 3 N–H and O–H groups in total. The van der Waals surface area contributed by atoms with E-state index in [0.717, 1.165) is 5.56 Å². The molecule has 0 aliphatic carbocycles. The van der Waals surface area contributed by atoms with E-state index in [1.54, 1.807) is 24.1 Å². The summed E-state index contributed by atoms with van der Waals surface area (Å²) >= 11 is 0. The van der Waals surface area contributed by atoms with Gasteiger partial charge >= 0.3 is 0 Å². The Labute approximate surface area is 125 Å². The molecule has 1 aromatic heterocycles. The smallest absolute Gasteiger partial charge is 0.242 e. The van der Waals surface area contributed by atoms with E-state index in [4.69, 9.17) is 5.73 Å². The highest BCUT2D eigenvalue weighted by Crippen LogP contribution is 2.22. The lowest BCUT2D eigenvalue weighted by molar-refractivity contribution is -0.123. The molecule has 0 fully saturated rings. The topological polar surface area (TPSA) is 72.9 Å². The number of aromatic nitrogens is 2. The van der Waals surface area contributed by atoms with Crippen LogP contribution in [0.4, 0.5) is 0 Å². The first kappa shape index (κ1) is 15.3. The quantitative estimate of drug-likeness (QED) is 0.882. The number of hydrogen-bond acceptors (Lipinski definition) is 3. The van der Waals surface area contributed by atoms with E-state index in [-0.39, 0.29) is 17.9 Å². The van der Waals surface area contributed by atoms with E-state index in [1.165, 1.54) is 0 Å². The number of carbonyl (C=O) groups excluding carboxylic acids is 1. The molecule has 0 bridgehead atoms. The lowest BCUT2D eigenvalue weighted by atomic mass is 9.95. The molecule has 0 aliphatic rings. The first-order chi connectivity index (χ1) is 9.99. The zero-order valence-electron chi connectivity index (χ0n) is 12.7. The molecule has 5 heteroatoms. The fraction of sp³-hybridized carbons (Fsp3) is 0.375. The van der Waals surface area contributed by atoms with Gasteiger partial charge in [-0.2, -0.15) is 5.10 Å². The maximum Gasteiger partial charge on any atom is 0.242 e. The van der Waals surface area contributed by atoms with Crippen molar-refractivity contribution in [1.82, 2.24) is 15.1 Å². The van der Waals surface area contributed by atoms with Crippen molar-refractivity contribution < 1.29 is 4.79 Å². The van der Waals surface area contributed by atoms with Crippen molar-refractivity contribution in [3.63, 3.8) is 0 Å². The largest absolute Gasteiger partial charge is 0.347 e. The molecule has 0 spiro atoms. The second-order valence-electron chi connectivity index (χ2n) is 5.57. The summed E-state index contributed by atoms with van der Waals surface area (Å²) in [6, 6.07) is 9.17. The standard InChI is InChI=1S/C16H22N4O/c1-11(2)15(12-7-5-4-6-8-12)19-16(21)14(17)13-9-18-20(3)10-13/h4-11,14-15H,17H2,1-3H3,(H,19,21). The van der Waals surface area contributed by atoms with Crippen LogP contribution in [0.25, 0.3) is 0 Å². The minimum Gasteiger partial charge on any atom is -0.347 e. The van der Waals surface area contributed by atoms with Crippen molar-refractivity contribution in [2.45, 2.75) is 25.9 Å². The number of nitrogens with two attached hydrogens (primary N) is 1. The van der Waals surface area contributed by atoms with Gasteiger partial charge < -0.3 is 11.1 Å². The summed E-state index contributed by atoms with van der Waals surface area (Å²) < 4.78 is 1.64. The Bertz CT molecular complexity index is 591. The Morgan fingerprint density at radius 3 is 2.43 bits per heavy atom. The molecule has 2 unspecified atom stereocenters. The zero-order valence-corrected chi connectivity index (χ0v) is 12.7. The summed E-state index contributed by atoms with van der Waals surface area (Å²) in [6.07, 6.45) is 3.38. The number of rotatable bonds is 5. The second-order valence-corrected chi connectivity index (χ2v) is 5.57. The molecule has 5 nitrogen and oxygen atoms in total. The van der Waals surface area contributed by atoms with E-state index in [9.17, 15) is 4.79 Å². The Balaban J connectivity index is 2.12. The minimum absolute atomic E-state index is 0.0542. The van der Waals surface area contributed by atoms with Crippen LogP contribution in [0.1, 0.15) is 37.1 Å². The minimum atomic E-state index is -0.705. The molecule has 0 saturated carbocycles. The van der Waals surface area contributed by atoms with Gasteiger partial charge in [-0.3, -0.25) is 9.48 Å². The van der Waals surface area contributed by atoms with Gasteiger partial charge in [-0.05, 0) is 11.5 Å². The first-order valence-electron chi connectivity index (χ1n) is 7.08. The lowest BCUT2D eigenvalue weighted by Gasteiger charge is -2.24. The number of amides is 1. The van der Waals surface area contributed by atoms with E-state index in [0.29, 0.717) is 5.56 Å². The Morgan fingerprint density at radius 2 is 1.90 bits per heavy atom. The van der Waals surface area contributed by atoms with Gasteiger partial charge in [0, 0.05) is 18.8 Å². The number of carbonyl (C=O) groups is 1. The molecular weight excluding hydrogens is 264 g/mol. The van der Waals surface area contributed by atoms with Crippen LogP contribution in [0.5, 0.6) is 0 Å².